The number of amides is 1. The first-order chi connectivity index (χ1) is 14.0. The van der Waals surface area contributed by atoms with E-state index >= 15 is 0 Å². The molecule has 0 aliphatic rings. The smallest absolute Gasteiger partial charge is 0.420 e. The molecule has 0 bridgehead atoms. The third kappa shape index (κ3) is 6.78. The quantitative estimate of drug-likeness (QED) is 0.251. The Labute approximate surface area is 183 Å². The van der Waals surface area contributed by atoms with E-state index in [1.807, 2.05) is 0 Å². The highest BCUT2D eigenvalue weighted by Gasteiger charge is 2.27. The molecule has 2 aromatic carbocycles. The van der Waals surface area contributed by atoms with Crippen LogP contribution in [0.5, 0.6) is 5.75 Å². The molecule has 30 heavy (non-hydrogen) atoms. The maximum absolute atomic E-state index is 12.6. The average Bonchev–Trinajstić information content (AvgIpc) is 2.63. The topological polar surface area (TPSA) is 114 Å². The van der Waals surface area contributed by atoms with Gasteiger partial charge in [-0.05, 0) is 59.6 Å². The molecular formula is C18H17BrClF2N3O5. The van der Waals surface area contributed by atoms with Gasteiger partial charge < -0.3 is 20.5 Å². The number of nitro benzene ring substituents is 1. The lowest BCUT2D eigenvalue weighted by Gasteiger charge is -2.16. The van der Waals surface area contributed by atoms with Gasteiger partial charge in [0.25, 0.3) is 11.6 Å². The van der Waals surface area contributed by atoms with Gasteiger partial charge >= 0.3 is 5.57 Å². The molecule has 0 aliphatic heterocycles. The van der Waals surface area contributed by atoms with Crippen molar-refractivity contribution in [2.75, 3.05) is 17.2 Å². The van der Waals surface area contributed by atoms with Crippen molar-refractivity contribution in [2.24, 2.45) is 0 Å². The first-order valence-corrected chi connectivity index (χ1v) is 9.69. The Morgan fingerprint density at radius 1 is 1.37 bits per heavy atom. The molecule has 0 unspecified atom stereocenters. The second-order valence-corrected chi connectivity index (χ2v) is 7.49. The average molecular weight is 509 g/mol. The summed E-state index contributed by atoms with van der Waals surface area (Å²) in [5.41, 5.74) is -3.75. The third-order valence-electron chi connectivity index (χ3n) is 3.83. The summed E-state index contributed by atoms with van der Waals surface area (Å²) >= 11 is 7.91. The van der Waals surface area contributed by atoms with Gasteiger partial charge in [0.2, 0.25) is 0 Å². The molecule has 162 valence electrons. The molecule has 0 spiro atoms. The maximum Gasteiger partial charge on any atom is 0.487 e. The van der Waals surface area contributed by atoms with Gasteiger partial charge in [0.05, 0.1) is 4.92 Å². The van der Waals surface area contributed by atoms with E-state index in [0.29, 0.717) is 10.9 Å². The van der Waals surface area contributed by atoms with E-state index in [0.717, 1.165) is 6.07 Å². The molecule has 0 aromatic heterocycles. The minimum Gasteiger partial charge on any atom is -0.420 e. The SMILES string of the molecule is C[C@H](CCO)Nc1c(Br)cc(C(=O)Nc2ccc(OC(F)(F)Cl)cc2)cc1[N+](=O)[O-]. The summed E-state index contributed by atoms with van der Waals surface area (Å²) in [5, 5.41) is 25.9. The number of anilines is 2. The lowest BCUT2D eigenvalue weighted by molar-refractivity contribution is -0.384. The van der Waals surface area contributed by atoms with Gasteiger partial charge in [0.15, 0.2) is 0 Å². The normalized spacial score (nSPS) is 12.2. The van der Waals surface area contributed by atoms with Gasteiger partial charge in [-0.2, -0.15) is 0 Å². The first kappa shape index (κ1) is 23.8. The van der Waals surface area contributed by atoms with E-state index in [9.17, 15) is 23.7 Å². The van der Waals surface area contributed by atoms with E-state index < -0.39 is 16.4 Å². The third-order valence-corrected chi connectivity index (χ3v) is 4.53. The van der Waals surface area contributed by atoms with Crippen LogP contribution in [0.1, 0.15) is 23.7 Å². The lowest BCUT2D eigenvalue weighted by atomic mass is 10.1. The van der Waals surface area contributed by atoms with Crippen LogP contribution in [-0.2, 0) is 0 Å². The molecule has 12 heteroatoms. The number of nitrogens with zero attached hydrogens (tertiary/aromatic N) is 1. The van der Waals surface area contributed by atoms with E-state index in [-0.39, 0.29) is 41.0 Å². The number of ether oxygens (including phenoxy) is 1. The highest BCUT2D eigenvalue weighted by molar-refractivity contribution is 9.10. The fraction of sp³-hybridized carbons (Fsp3) is 0.278. The van der Waals surface area contributed by atoms with E-state index in [2.05, 4.69) is 42.9 Å². The first-order valence-electron chi connectivity index (χ1n) is 8.52. The Bertz CT molecular complexity index is 925. The molecule has 0 radical (unpaired) electrons. The molecule has 1 atom stereocenters. The van der Waals surface area contributed by atoms with Crippen LogP contribution in [0, 0.1) is 10.1 Å². The fourth-order valence-electron chi connectivity index (χ4n) is 2.47. The Kier molecular flexibility index (Phi) is 7.93. The molecular weight excluding hydrogens is 492 g/mol. The number of halogens is 4. The number of carbonyl (C=O) groups is 1. The summed E-state index contributed by atoms with van der Waals surface area (Å²) in [4.78, 5) is 23.4. The van der Waals surface area contributed by atoms with Gasteiger partial charge in [-0.15, -0.1) is 8.78 Å². The number of benzene rings is 2. The van der Waals surface area contributed by atoms with Crippen LogP contribution in [0.3, 0.4) is 0 Å². The minimum atomic E-state index is -3.86. The van der Waals surface area contributed by atoms with Crippen molar-refractivity contribution in [1.82, 2.24) is 0 Å². The zero-order valence-electron chi connectivity index (χ0n) is 15.5. The predicted octanol–water partition coefficient (Wildman–Crippen LogP) is 4.96. The molecule has 0 heterocycles. The fourth-order valence-corrected chi connectivity index (χ4v) is 3.12. The molecule has 0 saturated heterocycles. The van der Waals surface area contributed by atoms with Crippen LogP contribution in [0.15, 0.2) is 40.9 Å². The maximum atomic E-state index is 12.6. The number of carbonyl (C=O) groups excluding carboxylic acids is 1. The second kappa shape index (κ2) is 10.0. The number of aliphatic hydroxyl groups excluding tert-OH is 1. The van der Waals surface area contributed by atoms with Crippen LogP contribution in [-0.4, -0.2) is 34.2 Å². The molecule has 2 aromatic rings. The number of aliphatic hydroxyl groups is 1. The Balaban J connectivity index is 2.22. The summed E-state index contributed by atoms with van der Waals surface area (Å²) < 4.78 is 29.7. The van der Waals surface area contributed by atoms with Crippen molar-refractivity contribution in [3.8, 4) is 5.75 Å². The largest absolute Gasteiger partial charge is 0.487 e. The van der Waals surface area contributed by atoms with Gasteiger partial charge in [-0.1, -0.05) is 0 Å². The van der Waals surface area contributed by atoms with Crippen LogP contribution in [0.2, 0.25) is 0 Å². The number of rotatable bonds is 9. The standard InChI is InChI=1S/C18H17BrClF2N3O5/c1-10(6-7-26)23-16-14(19)8-11(9-15(16)25(28)29)17(27)24-12-2-4-13(5-3-12)30-18(20,21)22/h2-5,8-10,23,26H,6-7H2,1H3,(H,24,27)/t10-/m1/s1. The predicted molar refractivity (Wildman–Crippen MR) is 111 cm³/mol. The highest BCUT2D eigenvalue weighted by atomic mass is 79.9. The lowest BCUT2D eigenvalue weighted by Crippen LogP contribution is -2.19. The number of nitrogens with one attached hydrogen (secondary N) is 2. The second-order valence-electron chi connectivity index (χ2n) is 6.19. The molecule has 3 N–H and O–H groups in total. The Hall–Kier alpha value is -2.50. The van der Waals surface area contributed by atoms with Gasteiger partial charge in [0, 0.05) is 46.0 Å². The summed E-state index contributed by atoms with van der Waals surface area (Å²) in [6.07, 6.45) is 0.376. The van der Waals surface area contributed by atoms with Crippen molar-refractivity contribution in [2.45, 2.75) is 25.0 Å². The molecule has 8 nitrogen and oxygen atoms in total. The van der Waals surface area contributed by atoms with Gasteiger partial charge in [-0.25, -0.2) is 0 Å². The monoisotopic (exact) mass is 507 g/mol. The number of hydrogen-bond donors (Lipinski definition) is 3. The Morgan fingerprint density at radius 3 is 2.53 bits per heavy atom. The van der Waals surface area contributed by atoms with Crippen molar-refractivity contribution < 1.29 is 28.3 Å². The van der Waals surface area contributed by atoms with Gasteiger partial charge in [-0.3, -0.25) is 14.9 Å². The van der Waals surface area contributed by atoms with E-state index in [4.69, 9.17) is 5.11 Å². The van der Waals surface area contributed by atoms with Crippen LogP contribution >= 0.6 is 27.5 Å². The summed E-state index contributed by atoms with van der Waals surface area (Å²) in [6, 6.07) is 7.25. The molecule has 0 saturated carbocycles. The van der Waals surface area contributed by atoms with Crippen LogP contribution in [0.4, 0.5) is 25.8 Å². The van der Waals surface area contributed by atoms with Crippen molar-refractivity contribution in [3.63, 3.8) is 0 Å². The molecule has 2 rings (SSSR count). The van der Waals surface area contributed by atoms with Crippen molar-refractivity contribution >= 4 is 50.5 Å². The summed E-state index contributed by atoms with van der Waals surface area (Å²) in [7, 11) is 0. The zero-order valence-corrected chi connectivity index (χ0v) is 17.8. The molecule has 0 aliphatic carbocycles. The van der Waals surface area contributed by atoms with Crippen molar-refractivity contribution in [3.05, 3.63) is 56.5 Å². The molecule has 1 amide bonds. The van der Waals surface area contributed by atoms with Crippen LogP contribution in [0.25, 0.3) is 0 Å². The van der Waals surface area contributed by atoms with E-state index in [1.165, 1.54) is 30.3 Å². The van der Waals surface area contributed by atoms with Crippen LogP contribution < -0.4 is 15.4 Å². The highest BCUT2D eigenvalue weighted by Crippen LogP contribution is 2.35. The summed E-state index contributed by atoms with van der Waals surface area (Å²) in [5.74, 6) is -0.857. The number of nitro groups is 1. The number of alkyl halides is 3. The zero-order chi connectivity index (χ0) is 22.5. The summed E-state index contributed by atoms with van der Waals surface area (Å²) in [6.45, 7) is 1.66. The molecule has 0 fully saturated rings. The van der Waals surface area contributed by atoms with Gasteiger partial charge in [0.1, 0.15) is 11.4 Å². The minimum absolute atomic E-state index is 0.00144. The number of hydrogen-bond acceptors (Lipinski definition) is 6. The van der Waals surface area contributed by atoms with E-state index in [1.54, 1.807) is 6.92 Å². The Morgan fingerprint density at radius 2 is 2.00 bits per heavy atom. The van der Waals surface area contributed by atoms with Crippen molar-refractivity contribution in [1.29, 1.82) is 0 Å².